The van der Waals surface area contributed by atoms with E-state index in [2.05, 4.69) is 60.8 Å². The maximum absolute atomic E-state index is 12.4. The van der Waals surface area contributed by atoms with Crippen molar-refractivity contribution < 1.29 is 4.79 Å². The second kappa shape index (κ2) is 7.52. The van der Waals surface area contributed by atoms with Crippen molar-refractivity contribution >= 4 is 16.7 Å². The van der Waals surface area contributed by atoms with E-state index < -0.39 is 0 Å². The predicted molar refractivity (Wildman–Crippen MR) is 105 cm³/mol. The zero-order valence-electron chi connectivity index (χ0n) is 15.2. The van der Waals surface area contributed by atoms with Crippen LogP contribution in [-0.2, 0) is 6.42 Å². The van der Waals surface area contributed by atoms with Gasteiger partial charge in [0.05, 0.1) is 0 Å². The lowest BCUT2D eigenvalue weighted by atomic mass is 9.96. The molecule has 0 fully saturated rings. The average Bonchev–Trinajstić information content (AvgIpc) is 2.60. The van der Waals surface area contributed by atoms with Gasteiger partial charge < -0.3 is 5.32 Å². The summed E-state index contributed by atoms with van der Waals surface area (Å²) < 4.78 is 0. The normalized spacial score (nSPS) is 12.1. The van der Waals surface area contributed by atoms with Gasteiger partial charge in [-0.3, -0.25) is 4.79 Å². The quantitative estimate of drug-likeness (QED) is 0.695. The van der Waals surface area contributed by atoms with Crippen molar-refractivity contribution in [1.82, 2.24) is 5.32 Å². The summed E-state index contributed by atoms with van der Waals surface area (Å²) in [5, 5.41) is 5.66. The summed E-state index contributed by atoms with van der Waals surface area (Å²) in [7, 11) is 0. The van der Waals surface area contributed by atoms with Gasteiger partial charge in [0.25, 0.3) is 5.91 Å². The Labute approximate surface area is 149 Å². The average molecular weight is 331 g/mol. The van der Waals surface area contributed by atoms with E-state index in [1.807, 2.05) is 26.0 Å². The molecule has 2 heteroatoms. The van der Waals surface area contributed by atoms with Crippen molar-refractivity contribution in [1.29, 1.82) is 0 Å². The smallest absolute Gasteiger partial charge is 0.251 e. The van der Waals surface area contributed by atoms with Crippen molar-refractivity contribution in [2.24, 2.45) is 5.92 Å². The van der Waals surface area contributed by atoms with E-state index >= 15 is 0 Å². The predicted octanol–water partition coefficient (Wildman–Crippen LogP) is 5.07. The highest BCUT2D eigenvalue weighted by Gasteiger charge is 2.12. The number of amides is 1. The van der Waals surface area contributed by atoms with Gasteiger partial charge in [-0.25, -0.2) is 0 Å². The maximum Gasteiger partial charge on any atom is 0.251 e. The first-order valence-corrected chi connectivity index (χ1v) is 8.86. The minimum Gasteiger partial charge on any atom is -0.352 e. The highest BCUT2D eigenvalue weighted by Crippen LogP contribution is 2.21. The van der Waals surface area contributed by atoms with Gasteiger partial charge in [0.15, 0.2) is 0 Å². The zero-order chi connectivity index (χ0) is 17.8. The van der Waals surface area contributed by atoms with Crippen LogP contribution in [0.2, 0.25) is 0 Å². The molecule has 0 spiro atoms. The van der Waals surface area contributed by atoms with E-state index in [0.717, 1.165) is 17.5 Å². The number of benzene rings is 3. The fourth-order valence-corrected chi connectivity index (χ4v) is 3.35. The molecule has 2 nitrogen and oxygen atoms in total. The lowest BCUT2D eigenvalue weighted by Gasteiger charge is -2.15. The summed E-state index contributed by atoms with van der Waals surface area (Å²) in [4.78, 5) is 12.4. The van der Waals surface area contributed by atoms with Crippen LogP contribution in [0.3, 0.4) is 0 Å². The molecule has 25 heavy (non-hydrogen) atoms. The fourth-order valence-electron chi connectivity index (χ4n) is 3.35. The van der Waals surface area contributed by atoms with Gasteiger partial charge in [-0.15, -0.1) is 0 Å². The number of hydrogen-bond donors (Lipinski definition) is 1. The molecule has 1 N–H and O–H groups in total. The second-order valence-electron chi connectivity index (χ2n) is 6.98. The van der Waals surface area contributed by atoms with Crippen molar-refractivity contribution in [3.8, 4) is 0 Å². The standard InChI is InChI=1S/C23H25NO/c1-16-11-12-21(18(3)13-16)23(25)24-15-17(2)14-20-9-6-8-19-7-4-5-10-22(19)20/h4-13,17H,14-15H2,1-3H3,(H,24,25). The molecule has 1 atom stereocenters. The third-order valence-electron chi connectivity index (χ3n) is 4.69. The Morgan fingerprint density at radius 3 is 2.56 bits per heavy atom. The number of aryl methyl sites for hydroxylation is 2. The lowest BCUT2D eigenvalue weighted by Crippen LogP contribution is -2.29. The number of rotatable bonds is 5. The zero-order valence-corrected chi connectivity index (χ0v) is 15.2. The molecule has 3 rings (SSSR count). The molecule has 0 saturated heterocycles. The summed E-state index contributed by atoms with van der Waals surface area (Å²) in [6, 6.07) is 20.9. The third-order valence-corrected chi connectivity index (χ3v) is 4.69. The van der Waals surface area contributed by atoms with Crippen molar-refractivity contribution in [3.63, 3.8) is 0 Å². The molecule has 0 saturated carbocycles. The van der Waals surface area contributed by atoms with Gasteiger partial charge in [0.2, 0.25) is 0 Å². The summed E-state index contributed by atoms with van der Waals surface area (Å²) in [6.45, 7) is 6.89. The Hall–Kier alpha value is -2.61. The maximum atomic E-state index is 12.4. The number of hydrogen-bond acceptors (Lipinski definition) is 1. The molecule has 3 aromatic carbocycles. The molecule has 0 aromatic heterocycles. The second-order valence-corrected chi connectivity index (χ2v) is 6.98. The Balaban J connectivity index is 1.64. The first-order valence-electron chi connectivity index (χ1n) is 8.86. The first-order chi connectivity index (χ1) is 12.0. The molecular weight excluding hydrogens is 306 g/mol. The molecule has 0 heterocycles. The molecule has 0 aliphatic rings. The van der Waals surface area contributed by atoms with Crippen molar-refractivity contribution in [2.45, 2.75) is 27.2 Å². The van der Waals surface area contributed by atoms with Crippen molar-refractivity contribution in [2.75, 3.05) is 6.54 Å². The molecule has 1 unspecified atom stereocenters. The molecule has 128 valence electrons. The topological polar surface area (TPSA) is 29.1 Å². The molecule has 0 bridgehead atoms. The summed E-state index contributed by atoms with van der Waals surface area (Å²) in [5.41, 5.74) is 4.31. The van der Waals surface area contributed by atoms with Gasteiger partial charge in [-0.05, 0) is 54.2 Å². The molecular formula is C23H25NO. The van der Waals surface area contributed by atoms with Gasteiger partial charge in [-0.2, -0.15) is 0 Å². The van der Waals surface area contributed by atoms with Crippen LogP contribution in [0.25, 0.3) is 10.8 Å². The van der Waals surface area contributed by atoms with Gasteiger partial charge >= 0.3 is 0 Å². The van der Waals surface area contributed by atoms with Gasteiger partial charge in [0.1, 0.15) is 0 Å². The number of carbonyl (C=O) groups excluding carboxylic acids is 1. The third kappa shape index (κ3) is 4.08. The van der Waals surface area contributed by atoms with Crippen LogP contribution in [0.5, 0.6) is 0 Å². The van der Waals surface area contributed by atoms with Crippen LogP contribution < -0.4 is 5.32 Å². The van der Waals surface area contributed by atoms with E-state index in [-0.39, 0.29) is 5.91 Å². The van der Waals surface area contributed by atoms with Crippen molar-refractivity contribution in [3.05, 3.63) is 82.9 Å². The Kier molecular flexibility index (Phi) is 5.18. The Morgan fingerprint density at radius 1 is 1.00 bits per heavy atom. The number of nitrogens with one attached hydrogen (secondary N) is 1. The van der Waals surface area contributed by atoms with Crippen LogP contribution >= 0.6 is 0 Å². The minimum atomic E-state index is 0.0160. The van der Waals surface area contributed by atoms with Crippen LogP contribution in [0.1, 0.15) is 34.0 Å². The minimum absolute atomic E-state index is 0.0160. The number of carbonyl (C=O) groups is 1. The molecule has 0 aliphatic heterocycles. The highest BCUT2D eigenvalue weighted by molar-refractivity contribution is 5.95. The summed E-state index contributed by atoms with van der Waals surface area (Å²) in [6.07, 6.45) is 0.953. The largest absolute Gasteiger partial charge is 0.352 e. The fraction of sp³-hybridized carbons (Fsp3) is 0.261. The molecule has 1 amide bonds. The number of fused-ring (bicyclic) bond motifs is 1. The molecule has 0 radical (unpaired) electrons. The Morgan fingerprint density at radius 2 is 1.76 bits per heavy atom. The lowest BCUT2D eigenvalue weighted by molar-refractivity contribution is 0.0947. The van der Waals surface area contributed by atoms with E-state index in [4.69, 9.17) is 0 Å². The monoisotopic (exact) mass is 331 g/mol. The van der Waals surface area contributed by atoms with E-state index in [1.54, 1.807) is 0 Å². The van der Waals surface area contributed by atoms with Gasteiger partial charge in [-0.1, -0.05) is 67.1 Å². The molecule has 0 aliphatic carbocycles. The van der Waals surface area contributed by atoms with Crippen LogP contribution in [0, 0.1) is 19.8 Å². The molecule has 3 aromatic rings. The van der Waals surface area contributed by atoms with Crippen LogP contribution in [0.4, 0.5) is 0 Å². The Bertz CT molecular complexity index is 892. The van der Waals surface area contributed by atoms with E-state index in [1.165, 1.54) is 21.9 Å². The van der Waals surface area contributed by atoms with Crippen LogP contribution in [-0.4, -0.2) is 12.5 Å². The van der Waals surface area contributed by atoms with Crippen LogP contribution in [0.15, 0.2) is 60.7 Å². The van der Waals surface area contributed by atoms with E-state index in [9.17, 15) is 4.79 Å². The first kappa shape index (κ1) is 17.2. The summed E-state index contributed by atoms with van der Waals surface area (Å²) in [5.74, 6) is 0.391. The highest BCUT2D eigenvalue weighted by atomic mass is 16.1. The van der Waals surface area contributed by atoms with Gasteiger partial charge in [0, 0.05) is 12.1 Å². The SMILES string of the molecule is Cc1ccc(C(=O)NCC(C)Cc2cccc3ccccc23)c(C)c1. The summed E-state index contributed by atoms with van der Waals surface area (Å²) >= 11 is 0. The van der Waals surface area contributed by atoms with E-state index in [0.29, 0.717) is 12.5 Å².